The fourth-order valence-corrected chi connectivity index (χ4v) is 1.52. The highest BCUT2D eigenvalue weighted by molar-refractivity contribution is 6.30. The molecular weight excluding hydrogens is 242 g/mol. The van der Waals surface area contributed by atoms with Gasteiger partial charge in [0.15, 0.2) is 0 Å². The lowest BCUT2D eigenvalue weighted by atomic mass is 10.1. The van der Waals surface area contributed by atoms with Gasteiger partial charge < -0.3 is 5.73 Å². The number of rotatable bonds is 2. The fourth-order valence-electron chi connectivity index (χ4n) is 1.34. The molecule has 80 valence electrons. The van der Waals surface area contributed by atoms with Crippen molar-refractivity contribution in [2.75, 3.05) is 0 Å². The molecule has 0 unspecified atom stereocenters. The summed E-state index contributed by atoms with van der Waals surface area (Å²) in [5.74, 6) is 0.658. The van der Waals surface area contributed by atoms with E-state index in [9.17, 15) is 0 Å². The summed E-state index contributed by atoms with van der Waals surface area (Å²) < 4.78 is 0. The van der Waals surface area contributed by atoms with Gasteiger partial charge in [-0.15, -0.1) is 24.8 Å². The minimum Gasteiger partial charge on any atom is -0.324 e. The molecule has 0 radical (unpaired) electrons. The standard InChI is InChI=1S/C9H11ClN2.2ClH/c10-8-3-7(4-12-5-8)9(11)6-1-2-6;;/h3-6,9H,1-2,11H2;2*1H/t9-;;/m0../s1. The molecule has 0 aromatic carbocycles. The van der Waals surface area contributed by atoms with Crippen molar-refractivity contribution in [3.8, 4) is 0 Å². The smallest absolute Gasteiger partial charge is 0.0592 e. The Morgan fingerprint density at radius 1 is 1.36 bits per heavy atom. The van der Waals surface area contributed by atoms with Gasteiger partial charge in [0.05, 0.1) is 5.02 Å². The van der Waals surface area contributed by atoms with Crippen LogP contribution in [0.2, 0.25) is 5.02 Å². The Hall–Kier alpha value is -0.0200. The van der Waals surface area contributed by atoms with Gasteiger partial charge >= 0.3 is 0 Å². The van der Waals surface area contributed by atoms with E-state index < -0.39 is 0 Å². The third kappa shape index (κ3) is 3.28. The van der Waals surface area contributed by atoms with Crippen LogP contribution in [0.15, 0.2) is 18.5 Å². The van der Waals surface area contributed by atoms with Crippen LogP contribution in [0.1, 0.15) is 24.4 Å². The van der Waals surface area contributed by atoms with Crippen LogP contribution in [0, 0.1) is 5.92 Å². The Kier molecular flexibility index (Phi) is 5.75. The maximum atomic E-state index is 5.97. The average molecular weight is 256 g/mol. The molecule has 5 heteroatoms. The van der Waals surface area contributed by atoms with Crippen molar-refractivity contribution in [1.82, 2.24) is 4.98 Å². The van der Waals surface area contributed by atoms with Crippen LogP contribution in [0.3, 0.4) is 0 Å². The molecule has 1 aromatic rings. The molecule has 0 spiro atoms. The third-order valence-electron chi connectivity index (χ3n) is 2.24. The van der Waals surface area contributed by atoms with E-state index in [1.165, 1.54) is 12.8 Å². The van der Waals surface area contributed by atoms with Crippen LogP contribution in [0.4, 0.5) is 0 Å². The summed E-state index contributed by atoms with van der Waals surface area (Å²) in [6, 6.07) is 2.04. The van der Waals surface area contributed by atoms with Crippen molar-refractivity contribution in [3.63, 3.8) is 0 Å². The van der Waals surface area contributed by atoms with E-state index in [0.717, 1.165) is 5.56 Å². The minimum absolute atomic E-state index is 0. The van der Waals surface area contributed by atoms with Gasteiger partial charge in [-0.25, -0.2) is 0 Å². The maximum absolute atomic E-state index is 5.97. The number of hydrogen-bond acceptors (Lipinski definition) is 2. The second-order valence-electron chi connectivity index (χ2n) is 3.30. The topological polar surface area (TPSA) is 38.9 Å². The first kappa shape index (κ1) is 14.0. The predicted molar refractivity (Wildman–Crippen MR) is 63.4 cm³/mol. The summed E-state index contributed by atoms with van der Waals surface area (Å²) in [4.78, 5) is 4.00. The summed E-state index contributed by atoms with van der Waals surface area (Å²) in [6.07, 6.45) is 5.92. The number of pyridine rings is 1. The Morgan fingerprint density at radius 3 is 2.50 bits per heavy atom. The van der Waals surface area contributed by atoms with Crippen molar-refractivity contribution >= 4 is 36.4 Å². The normalized spacial score (nSPS) is 16.4. The Morgan fingerprint density at radius 2 is 2.00 bits per heavy atom. The molecule has 2 nitrogen and oxygen atoms in total. The highest BCUT2D eigenvalue weighted by Crippen LogP contribution is 2.39. The summed E-state index contributed by atoms with van der Waals surface area (Å²) in [5, 5.41) is 0.670. The Balaban J connectivity index is 0.000000845. The monoisotopic (exact) mass is 254 g/mol. The zero-order chi connectivity index (χ0) is 8.55. The highest BCUT2D eigenvalue weighted by Gasteiger charge is 2.29. The molecule has 14 heavy (non-hydrogen) atoms. The molecule has 2 N–H and O–H groups in total. The van der Waals surface area contributed by atoms with Crippen molar-refractivity contribution in [3.05, 3.63) is 29.0 Å². The molecule has 1 atom stereocenters. The average Bonchev–Trinajstić information content (AvgIpc) is 2.85. The molecule has 1 aliphatic carbocycles. The largest absolute Gasteiger partial charge is 0.324 e. The van der Waals surface area contributed by atoms with Gasteiger partial charge in [-0.3, -0.25) is 4.98 Å². The van der Waals surface area contributed by atoms with E-state index in [0.29, 0.717) is 10.9 Å². The quantitative estimate of drug-likeness (QED) is 0.882. The van der Waals surface area contributed by atoms with E-state index in [1.807, 2.05) is 6.07 Å². The molecule has 0 aliphatic heterocycles. The molecule has 0 saturated heterocycles. The first-order chi connectivity index (χ1) is 5.77. The van der Waals surface area contributed by atoms with Crippen LogP contribution in [0.5, 0.6) is 0 Å². The van der Waals surface area contributed by atoms with Crippen molar-refractivity contribution < 1.29 is 0 Å². The summed E-state index contributed by atoms with van der Waals surface area (Å²) >= 11 is 5.80. The van der Waals surface area contributed by atoms with Crippen LogP contribution in [-0.4, -0.2) is 4.98 Å². The lowest BCUT2D eigenvalue weighted by Gasteiger charge is -2.09. The number of nitrogens with two attached hydrogens (primary N) is 1. The van der Waals surface area contributed by atoms with Crippen LogP contribution >= 0.6 is 36.4 Å². The SMILES string of the molecule is Cl.Cl.N[C@H](c1cncc(Cl)c1)C1CC1. The van der Waals surface area contributed by atoms with Crippen LogP contribution < -0.4 is 5.73 Å². The van der Waals surface area contributed by atoms with Crippen molar-refractivity contribution in [2.24, 2.45) is 11.7 Å². The van der Waals surface area contributed by atoms with Crippen LogP contribution in [0.25, 0.3) is 0 Å². The summed E-state index contributed by atoms with van der Waals surface area (Å²) in [5.41, 5.74) is 7.03. The number of aromatic nitrogens is 1. The van der Waals surface area contributed by atoms with Gasteiger partial charge in [-0.05, 0) is 30.4 Å². The maximum Gasteiger partial charge on any atom is 0.0592 e. The second kappa shape index (κ2) is 5.76. The molecule has 1 fully saturated rings. The zero-order valence-electron chi connectivity index (χ0n) is 7.52. The molecule has 2 rings (SSSR count). The first-order valence-electron chi connectivity index (χ1n) is 4.13. The van der Waals surface area contributed by atoms with E-state index in [4.69, 9.17) is 17.3 Å². The van der Waals surface area contributed by atoms with Crippen molar-refractivity contribution in [1.29, 1.82) is 0 Å². The summed E-state index contributed by atoms with van der Waals surface area (Å²) in [6.45, 7) is 0. The molecule has 1 aromatic heterocycles. The van der Waals surface area contributed by atoms with E-state index in [1.54, 1.807) is 12.4 Å². The van der Waals surface area contributed by atoms with E-state index in [-0.39, 0.29) is 30.9 Å². The Labute approximate surface area is 101 Å². The van der Waals surface area contributed by atoms with Crippen LogP contribution in [-0.2, 0) is 0 Å². The minimum atomic E-state index is 0. The zero-order valence-corrected chi connectivity index (χ0v) is 9.91. The van der Waals surface area contributed by atoms with E-state index in [2.05, 4.69) is 4.98 Å². The van der Waals surface area contributed by atoms with Gasteiger partial charge in [-0.2, -0.15) is 0 Å². The lowest BCUT2D eigenvalue weighted by Crippen LogP contribution is -2.12. The second-order valence-corrected chi connectivity index (χ2v) is 3.74. The molecular formula is C9H13Cl3N2. The lowest BCUT2D eigenvalue weighted by molar-refractivity contribution is 0.631. The van der Waals surface area contributed by atoms with Gasteiger partial charge in [0.25, 0.3) is 0 Å². The summed E-state index contributed by atoms with van der Waals surface area (Å²) in [7, 11) is 0. The highest BCUT2D eigenvalue weighted by atomic mass is 35.5. The fraction of sp³-hybridized carbons (Fsp3) is 0.444. The van der Waals surface area contributed by atoms with Gasteiger partial charge in [0.2, 0.25) is 0 Å². The number of halogens is 3. The molecule has 0 bridgehead atoms. The van der Waals surface area contributed by atoms with Gasteiger partial charge in [-0.1, -0.05) is 11.6 Å². The number of hydrogen-bond donors (Lipinski definition) is 1. The molecule has 1 saturated carbocycles. The molecule has 1 aliphatic rings. The molecule has 1 heterocycles. The third-order valence-corrected chi connectivity index (χ3v) is 2.45. The molecule has 0 amide bonds. The van der Waals surface area contributed by atoms with E-state index >= 15 is 0 Å². The van der Waals surface area contributed by atoms with Gasteiger partial charge in [0, 0.05) is 18.4 Å². The van der Waals surface area contributed by atoms with Gasteiger partial charge in [0.1, 0.15) is 0 Å². The Bertz CT molecular complexity index is 289. The first-order valence-corrected chi connectivity index (χ1v) is 4.51. The van der Waals surface area contributed by atoms with Crippen molar-refractivity contribution in [2.45, 2.75) is 18.9 Å². The predicted octanol–water partition coefficient (Wildman–Crippen LogP) is 2.99. The number of nitrogens with zero attached hydrogens (tertiary/aromatic N) is 1.